The molecule has 1 aliphatic heterocycles. The van der Waals surface area contributed by atoms with Crippen LogP contribution in [0.15, 0.2) is 36.5 Å². The molecular weight excluding hydrogens is 375 g/mol. The van der Waals surface area contributed by atoms with Crippen molar-refractivity contribution in [3.8, 4) is 5.69 Å². The molecule has 0 radical (unpaired) electrons. The van der Waals surface area contributed by atoms with E-state index in [2.05, 4.69) is 30.9 Å². The van der Waals surface area contributed by atoms with Crippen molar-refractivity contribution in [1.29, 1.82) is 0 Å². The first-order valence-electron chi connectivity index (χ1n) is 8.60. The largest absolute Gasteiger partial charge is 0.416 e. The summed E-state index contributed by atoms with van der Waals surface area (Å²) in [5, 5.41) is 16.6. The number of nitrogens with zero attached hydrogens (tertiary/aromatic N) is 4. The molecule has 1 aromatic carbocycles. The van der Waals surface area contributed by atoms with E-state index in [0.29, 0.717) is 5.82 Å². The molecule has 0 aliphatic carbocycles. The molecule has 1 amide bonds. The van der Waals surface area contributed by atoms with E-state index in [1.165, 1.54) is 29.1 Å². The minimum absolute atomic E-state index is 0.0303. The van der Waals surface area contributed by atoms with E-state index < -0.39 is 17.6 Å². The van der Waals surface area contributed by atoms with Gasteiger partial charge in [0.2, 0.25) is 5.95 Å². The lowest BCUT2D eigenvalue weighted by Crippen LogP contribution is -2.15. The molecule has 1 aliphatic rings. The maximum absolute atomic E-state index is 12.9. The Morgan fingerprint density at radius 2 is 2.14 bits per heavy atom. The monoisotopic (exact) mass is 391 g/mol. The molecule has 3 N–H and O–H groups in total. The third kappa shape index (κ3) is 3.74. The van der Waals surface area contributed by atoms with Gasteiger partial charge in [-0.15, -0.1) is 5.10 Å². The minimum Gasteiger partial charge on any atom is -0.307 e. The van der Waals surface area contributed by atoms with E-state index in [1.807, 2.05) is 0 Å². The number of carbonyl (C=O) groups is 1. The molecule has 2 aromatic heterocycles. The smallest absolute Gasteiger partial charge is 0.307 e. The molecule has 1 fully saturated rings. The standard InChI is InChI=1S/C17H16F3N7O/c18-17(19,20)10-3-1-4-11(9-10)27-8-6-13(26-27)15(28)23-16-22-14(24-25-16)12-5-2-7-21-12/h1,3-4,6,8-9,12,21H,2,5,7H2,(H2,22,23,24,25,28). The van der Waals surface area contributed by atoms with Gasteiger partial charge in [-0.25, -0.2) is 4.68 Å². The van der Waals surface area contributed by atoms with Gasteiger partial charge >= 0.3 is 6.18 Å². The van der Waals surface area contributed by atoms with Crippen molar-refractivity contribution in [2.45, 2.75) is 25.1 Å². The summed E-state index contributed by atoms with van der Waals surface area (Å²) in [5.74, 6) is 0.195. The summed E-state index contributed by atoms with van der Waals surface area (Å²) in [5.41, 5.74) is -0.565. The second kappa shape index (κ2) is 7.08. The van der Waals surface area contributed by atoms with Crippen LogP contribution in [0, 0.1) is 0 Å². The van der Waals surface area contributed by atoms with Gasteiger partial charge in [0.25, 0.3) is 5.91 Å². The third-order valence-corrected chi connectivity index (χ3v) is 4.38. The molecule has 3 heterocycles. The fraction of sp³-hybridized carbons (Fsp3) is 0.294. The number of halogens is 3. The Bertz CT molecular complexity index is 989. The van der Waals surface area contributed by atoms with E-state index in [4.69, 9.17) is 0 Å². The average Bonchev–Trinajstić information content (AvgIpc) is 3.41. The Balaban J connectivity index is 1.47. The lowest BCUT2D eigenvalue weighted by atomic mass is 10.2. The predicted molar refractivity (Wildman–Crippen MR) is 92.9 cm³/mol. The van der Waals surface area contributed by atoms with Crippen molar-refractivity contribution >= 4 is 11.9 Å². The van der Waals surface area contributed by atoms with Gasteiger partial charge in [-0.2, -0.15) is 23.3 Å². The fourth-order valence-electron chi connectivity index (χ4n) is 2.98. The minimum atomic E-state index is -4.46. The van der Waals surface area contributed by atoms with Crippen molar-refractivity contribution in [3.05, 3.63) is 53.6 Å². The number of hydrogen-bond acceptors (Lipinski definition) is 5. The zero-order chi connectivity index (χ0) is 19.7. The van der Waals surface area contributed by atoms with Crippen LogP contribution in [0.3, 0.4) is 0 Å². The quantitative estimate of drug-likeness (QED) is 0.635. The van der Waals surface area contributed by atoms with E-state index in [9.17, 15) is 18.0 Å². The summed E-state index contributed by atoms with van der Waals surface area (Å²) in [7, 11) is 0. The molecule has 11 heteroatoms. The first-order valence-corrected chi connectivity index (χ1v) is 8.60. The number of aromatic nitrogens is 5. The van der Waals surface area contributed by atoms with Crippen LogP contribution in [0.4, 0.5) is 19.1 Å². The number of benzene rings is 1. The molecule has 146 valence electrons. The summed E-state index contributed by atoms with van der Waals surface area (Å²) < 4.78 is 39.8. The van der Waals surface area contributed by atoms with Crippen LogP contribution in [-0.4, -0.2) is 37.4 Å². The highest BCUT2D eigenvalue weighted by molar-refractivity contribution is 6.01. The van der Waals surface area contributed by atoms with Gasteiger partial charge in [-0.05, 0) is 43.7 Å². The van der Waals surface area contributed by atoms with Gasteiger partial charge in [-0.3, -0.25) is 15.2 Å². The highest BCUT2D eigenvalue weighted by atomic mass is 19.4. The molecule has 1 atom stereocenters. The Kier molecular flexibility index (Phi) is 4.59. The van der Waals surface area contributed by atoms with E-state index in [0.717, 1.165) is 31.5 Å². The Labute approximate surface area is 157 Å². The lowest BCUT2D eigenvalue weighted by Gasteiger charge is -2.08. The Hall–Kier alpha value is -3.21. The molecule has 1 unspecified atom stereocenters. The second-order valence-corrected chi connectivity index (χ2v) is 6.34. The van der Waals surface area contributed by atoms with Gasteiger partial charge in [0, 0.05) is 6.20 Å². The summed E-state index contributed by atoms with van der Waals surface area (Å²) in [6, 6.07) is 6.18. The van der Waals surface area contributed by atoms with Gasteiger partial charge in [0.15, 0.2) is 5.69 Å². The van der Waals surface area contributed by atoms with Crippen molar-refractivity contribution < 1.29 is 18.0 Å². The second-order valence-electron chi connectivity index (χ2n) is 6.34. The molecule has 8 nitrogen and oxygen atoms in total. The van der Waals surface area contributed by atoms with E-state index >= 15 is 0 Å². The summed E-state index contributed by atoms with van der Waals surface area (Å²) >= 11 is 0. The zero-order valence-corrected chi connectivity index (χ0v) is 14.5. The van der Waals surface area contributed by atoms with Crippen LogP contribution < -0.4 is 10.6 Å². The molecule has 1 saturated heterocycles. The van der Waals surface area contributed by atoms with Crippen LogP contribution in [0.1, 0.15) is 40.8 Å². The number of anilines is 1. The topological polar surface area (TPSA) is 101 Å². The number of alkyl halides is 3. The van der Waals surface area contributed by atoms with E-state index in [-0.39, 0.29) is 23.4 Å². The van der Waals surface area contributed by atoms with Crippen LogP contribution in [0.2, 0.25) is 0 Å². The number of rotatable bonds is 4. The highest BCUT2D eigenvalue weighted by Crippen LogP contribution is 2.30. The van der Waals surface area contributed by atoms with Crippen molar-refractivity contribution in [3.63, 3.8) is 0 Å². The first-order chi connectivity index (χ1) is 13.4. The maximum atomic E-state index is 12.9. The number of aromatic amines is 1. The van der Waals surface area contributed by atoms with Crippen LogP contribution in [0.25, 0.3) is 5.69 Å². The molecule has 3 aromatic rings. The number of carbonyl (C=O) groups excluding carboxylic acids is 1. The van der Waals surface area contributed by atoms with Gasteiger partial charge in [-0.1, -0.05) is 6.07 Å². The van der Waals surface area contributed by atoms with Crippen LogP contribution in [0.5, 0.6) is 0 Å². The molecule has 0 bridgehead atoms. The normalized spacial score (nSPS) is 17.0. The Morgan fingerprint density at radius 3 is 2.89 bits per heavy atom. The predicted octanol–water partition coefficient (Wildman–Crippen LogP) is 2.69. The maximum Gasteiger partial charge on any atom is 0.416 e. The Morgan fingerprint density at radius 1 is 1.29 bits per heavy atom. The van der Waals surface area contributed by atoms with Gasteiger partial charge in [0.05, 0.1) is 17.3 Å². The number of amides is 1. The zero-order valence-electron chi connectivity index (χ0n) is 14.5. The molecular formula is C17H16F3N7O. The molecule has 28 heavy (non-hydrogen) atoms. The van der Waals surface area contributed by atoms with Gasteiger partial charge < -0.3 is 5.32 Å². The number of nitrogens with one attached hydrogen (secondary N) is 3. The molecule has 0 spiro atoms. The molecule has 0 saturated carbocycles. The van der Waals surface area contributed by atoms with Crippen molar-refractivity contribution in [1.82, 2.24) is 30.3 Å². The van der Waals surface area contributed by atoms with Crippen LogP contribution in [-0.2, 0) is 6.18 Å². The third-order valence-electron chi connectivity index (χ3n) is 4.38. The van der Waals surface area contributed by atoms with Crippen molar-refractivity contribution in [2.75, 3.05) is 11.9 Å². The first kappa shape index (κ1) is 18.2. The number of H-pyrrole nitrogens is 1. The average molecular weight is 391 g/mol. The fourth-order valence-corrected chi connectivity index (χ4v) is 2.98. The summed E-state index contributed by atoms with van der Waals surface area (Å²) in [6.45, 7) is 0.903. The molecule has 4 rings (SSSR count). The number of hydrogen-bond donors (Lipinski definition) is 3. The summed E-state index contributed by atoms with van der Waals surface area (Å²) in [4.78, 5) is 16.6. The van der Waals surface area contributed by atoms with Crippen molar-refractivity contribution in [2.24, 2.45) is 0 Å². The van der Waals surface area contributed by atoms with E-state index in [1.54, 1.807) is 0 Å². The van der Waals surface area contributed by atoms with Crippen LogP contribution >= 0.6 is 0 Å². The van der Waals surface area contributed by atoms with Gasteiger partial charge in [0.1, 0.15) is 5.82 Å². The highest BCUT2D eigenvalue weighted by Gasteiger charge is 2.30. The summed E-state index contributed by atoms with van der Waals surface area (Å²) in [6.07, 6.45) is -1.07. The SMILES string of the molecule is O=C(Nc1n[nH]c(C2CCCN2)n1)c1ccn(-c2cccc(C(F)(F)F)c2)n1. The lowest BCUT2D eigenvalue weighted by molar-refractivity contribution is -0.137.